The lowest BCUT2D eigenvalue weighted by molar-refractivity contribution is 0.351. The molecule has 0 radical (unpaired) electrons. The first-order valence-corrected chi connectivity index (χ1v) is 8.84. The third kappa shape index (κ3) is 3.96. The average Bonchev–Trinajstić information content (AvgIpc) is 2.79. The monoisotopic (exact) mass is 297 g/mol. The predicted molar refractivity (Wildman–Crippen MR) is 80.9 cm³/mol. The van der Waals surface area contributed by atoms with Crippen molar-refractivity contribution in [2.24, 2.45) is 11.8 Å². The molecule has 0 aromatic heterocycles. The van der Waals surface area contributed by atoms with Gasteiger partial charge in [-0.2, -0.15) is 0 Å². The quantitative estimate of drug-likeness (QED) is 0.865. The Hall–Kier alpha value is -1.07. The van der Waals surface area contributed by atoms with Crippen LogP contribution in [0.2, 0.25) is 0 Å². The van der Waals surface area contributed by atoms with Crippen LogP contribution in [0.5, 0.6) is 5.75 Å². The van der Waals surface area contributed by atoms with E-state index in [1.165, 1.54) is 5.56 Å². The van der Waals surface area contributed by atoms with E-state index >= 15 is 0 Å². The maximum absolute atomic E-state index is 11.6. The Kier molecular flexibility index (Phi) is 5.05. The topological polar surface area (TPSA) is 55.4 Å². The van der Waals surface area contributed by atoms with E-state index in [4.69, 9.17) is 4.74 Å². The van der Waals surface area contributed by atoms with Crippen LogP contribution in [0.1, 0.15) is 12.0 Å². The van der Waals surface area contributed by atoms with Crippen LogP contribution in [0.4, 0.5) is 0 Å². The fraction of sp³-hybridized carbons (Fsp3) is 0.600. The van der Waals surface area contributed by atoms with Crippen LogP contribution >= 0.6 is 0 Å². The van der Waals surface area contributed by atoms with Crippen molar-refractivity contribution in [3.63, 3.8) is 0 Å². The normalized spacial score (nSPS) is 22.6. The summed E-state index contributed by atoms with van der Waals surface area (Å²) in [5.41, 5.74) is 1.23. The summed E-state index contributed by atoms with van der Waals surface area (Å²) in [5.74, 6) is 2.18. The highest BCUT2D eigenvalue weighted by atomic mass is 32.2. The van der Waals surface area contributed by atoms with Gasteiger partial charge >= 0.3 is 0 Å². The van der Waals surface area contributed by atoms with E-state index in [1.807, 2.05) is 19.2 Å². The minimum atomic E-state index is -2.81. The van der Waals surface area contributed by atoms with Crippen molar-refractivity contribution in [2.45, 2.75) is 12.8 Å². The van der Waals surface area contributed by atoms with Gasteiger partial charge in [0.05, 0.1) is 18.6 Å². The lowest BCUT2D eigenvalue weighted by Gasteiger charge is -2.22. The molecule has 0 aliphatic carbocycles. The van der Waals surface area contributed by atoms with Crippen molar-refractivity contribution < 1.29 is 13.2 Å². The van der Waals surface area contributed by atoms with Crippen LogP contribution in [0.3, 0.4) is 0 Å². The molecule has 0 spiro atoms. The highest BCUT2D eigenvalue weighted by molar-refractivity contribution is 7.91. The molecule has 1 N–H and O–H groups in total. The molecule has 2 rings (SSSR count). The van der Waals surface area contributed by atoms with Crippen LogP contribution in [0, 0.1) is 11.8 Å². The fourth-order valence-corrected chi connectivity index (χ4v) is 4.85. The van der Waals surface area contributed by atoms with Crippen molar-refractivity contribution in [3.8, 4) is 5.75 Å². The fourth-order valence-electron chi connectivity index (χ4n) is 2.93. The molecule has 1 heterocycles. The zero-order chi connectivity index (χ0) is 14.6. The highest BCUT2D eigenvalue weighted by Crippen LogP contribution is 2.28. The molecule has 0 bridgehead atoms. The van der Waals surface area contributed by atoms with Gasteiger partial charge in [0, 0.05) is 0 Å². The van der Waals surface area contributed by atoms with E-state index in [9.17, 15) is 8.42 Å². The van der Waals surface area contributed by atoms with Gasteiger partial charge in [0.15, 0.2) is 9.84 Å². The minimum absolute atomic E-state index is 0.273. The van der Waals surface area contributed by atoms with Crippen molar-refractivity contribution in [3.05, 3.63) is 29.8 Å². The second kappa shape index (κ2) is 6.59. The Bertz CT molecular complexity index is 525. The van der Waals surface area contributed by atoms with E-state index in [2.05, 4.69) is 17.4 Å². The molecule has 20 heavy (non-hydrogen) atoms. The lowest BCUT2D eigenvalue weighted by Crippen LogP contribution is -2.28. The van der Waals surface area contributed by atoms with Crippen LogP contribution in [0.25, 0.3) is 0 Å². The van der Waals surface area contributed by atoms with Gasteiger partial charge in [0.2, 0.25) is 0 Å². The van der Waals surface area contributed by atoms with E-state index in [0.29, 0.717) is 17.4 Å². The summed E-state index contributed by atoms with van der Waals surface area (Å²) in [6.07, 6.45) is 1.70. The SMILES string of the molecule is CNCC(Cc1ccc(OC)cc1)C1CCS(=O)(=O)C1. The summed E-state index contributed by atoms with van der Waals surface area (Å²) >= 11 is 0. The smallest absolute Gasteiger partial charge is 0.150 e. The number of hydrogen-bond acceptors (Lipinski definition) is 4. The molecule has 4 nitrogen and oxygen atoms in total. The second-order valence-electron chi connectivity index (χ2n) is 5.53. The first-order chi connectivity index (χ1) is 9.54. The van der Waals surface area contributed by atoms with Gasteiger partial charge in [-0.05, 0) is 56.0 Å². The number of benzene rings is 1. The minimum Gasteiger partial charge on any atom is -0.497 e. The first kappa shape index (κ1) is 15.3. The summed E-state index contributed by atoms with van der Waals surface area (Å²) in [4.78, 5) is 0. The van der Waals surface area contributed by atoms with Gasteiger partial charge < -0.3 is 10.1 Å². The van der Waals surface area contributed by atoms with Crippen molar-refractivity contribution in [1.82, 2.24) is 5.32 Å². The maximum Gasteiger partial charge on any atom is 0.150 e. The Balaban J connectivity index is 2.05. The molecule has 1 aromatic rings. The molecule has 112 valence electrons. The van der Waals surface area contributed by atoms with Crippen LogP contribution in [0.15, 0.2) is 24.3 Å². The molecule has 2 unspecified atom stereocenters. The summed E-state index contributed by atoms with van der Waals surface area (Å²) in [7, 11) is 0.767. The highest BCUT2D eigenvalue weighted by Gasteiger charge is 2.33. The second-order valence-corrected chi connectivity index (χ2v) is 7.76. The molecule has 5 heteroatoms. The summed E-state index contributed by atoms with van der Waals surface area (Å²) in [6, 6.07) is 8.03. The van der Waals surface area contributed by atoms with Crippen LogP contribution in [-0.4, -0.2) is 40.6 Å². The number of rotatable bonds is 6. The Morgan fingerprint density at radius 3 is 2.55 bits per heavy atom. The molecule has 1 saturated heterocycles. The van der Waals surface area contributed by atoms with Crippen LogP contribution < -0.4 is 10.1 Å². The molecule has 0 amide bonds. The molecule has 2 atom stereocenters. The molecule has 1 aliphatic rings. The first-order valence-electron chi connectivity index (χ1n) is 7.02. The van der Waals surface area contributed by atoms with Gasteiger partial charge in [0.25, 0.3) is 0 Å². The summed E-state index contributed by atoms with van der Waals surface area (Å²) in [6.45, 7) is 0.853. The van der Waals surface area contributed by atoms with E-state index < -0.39 is 9.84 Å². The molecule has 1 fully saturated rings. The number of methoxy groups -OCH3 is 1. The lowest BCUT2D eigenvalue weighted by atomic mass is 9.86. The molecular weight excluding hydrogens is 274 g/mol. The van der Waals surface area contributed by atoms with Crippen molar-refractivity contribution in [1.29, 1.82) is 0 Å². The number of hydrogen-bond donors (Lipinski definition) is 1. The largest absolute Gasteiger partial charge is 0.497 e. The Morgan fingerprint density at radius 2 is 2.05 bits per heavy atom. The van der Waals surface area contributed by atoms with Crippen molar-refractivity contribution >= 4 is 9.84 Å². The van der Waals surface area contributed by atoms with Gasteiger partial charge in [-0.25, -0.2) is 8.42 Å². The summed E-state index contributed by atoms with van der Waals surface area (Å²) in [5, 5.41) is 3.20. The standard InChI is InChI=1S/C15H23NO3S/c1-16-10-14(13-7-8-20(17,18)11-13)9-12-3-5-15(19-2)6-4-12/h3-6,13-14,16H,7-11H2,1-2H3. The van der Waals surface area contributed by atoms with E-state index in [-0.39, 0.29) is 5.92 Å². The number of sulfone groups is 1. The van der Waals surface area contributed by atoms with Gasteiger partial charge in [-0.15, -0.1) is 0 Å². The molecule has 0 saturated carbocycles. The predicted octanol–water partition coefficient (Wildman–Crippen LogP) is 1.51. The number of nitrogens with one attached hydrogen (secondary N) is 1. The van der Waals surface area contributed by atoms with E-state index in [0.717, 1.165) is 25.1 Å². The zero-order valence-corrected chi connectivity index (χ0v) is 12.9. The van der Waals surface area contributed by atoms with Gasteiger partial charge in [0.1, 0.15) is 5.75 Å². The molecule has 1 aromatic carbocycles. The van der Waals surface area contributed by atoms with Crippen LogP contribution in [-0.2, 0) is 16.3 Å². The molecule has 1 aliphatic heterocycles. The number of ether oxygens (including phenoxy) is 1. The zero-order valence-electron chi connectivity index (χ0n) is 12.1. The Morgan fingerprint density at radius 1 is 1.35 bits per heavy atom. The van der Waals surface area contributed by atoms with Gasteiger partial charge in [-0.3, -0.25) is 0 Å². The van der Waals surface area contributed by atoms with E-state index in [1.54, 1.807) is 7.11 Å². The Labute approximate surface area is 121 Å². The third-order valence-electron chi connectivity index (χ3n) is 4.06. The van der Waals surface area contributed by atoms with Gasteiger partial charge in [-0.1, -0.05) is 12.1 Å². The molecular formula is C15H23NO3S. The maximum atomic E-state index is 11.6. The third-order valence-corrected chi connectivity index (χ3v) is 5.85. The summed E-state index contributed by atoms with van der Waals surface area (Å²) < 4.78 is 28.5. The average molecular weight is 297 g/mol. The van der Waals surface area contributed by atoms with Crippen molar-refractivity contribution in [2.75, 3.05) is 32.2 Å².